The van der Waals surface area contributed by atoms with Crippen LogP contribution in [0.15, 0.2) is 78.9 Å². The van der Waals surface area contributed by atoms with Crippen LogP contribution in [-0.2, 0) is 22.6 Å². The molecule has 6 nitrogen and oxygen atoms in total. The zero-order valence-corrected chi connectivity index (χ0v) is 17.5. The van der Waals surface area contributed by atoms with E-state index in [2.05, 4.69) is 16.0 Å². The Kier molecular flexibility index (Phi) is 7.79. The van der Waals surface area contributed by atoms with Gasteiger partial charge in [0.25, 0.3) is 5.91 Å². The third-order valence-electron chi connectivity index (χ3n) is 4.57. The summed E-state index contributed by atoms with van der Waals surface area (Å²) in [4.78, 5) is 37.1. The maximum Gasteiger partial charge on any atom is 0.313 e. The average molecular weight is 436 g/mol. The van der Waals surface area contributed by atoms with Crippen molar-refractivity contribution < 1.29 is 14.4 Å². The Morgan fingerprint density at radius 1 is 0.742 bits per heavy atom. The van der Waals surface area contributed by atoms with Gasteiger partial charge in [-0.15, -0.1) is 0 Å². The van der Waals surface area contributed by atoms with Crippen molar-refractivity contribution in [3.8, 4) is 0 Å². The highest BCUT2D eigenvalue weighted by Gasteiger charge is 2.18. The Labute approximate surface area is 185 Å². The molecule has 31 heavy (non-hydrogen) atoms. The molecule has 0 unspecified atom stereocenters. The van der Waals surface area contributed by atoms with E-state index < -0.39 is 11.8 Å². The molecule has 3 aromatic rings. The number of benzene rings is 3. The fourth-order valence-electron chi connectivity index (χ4n) is 2.93. The molecule has 3 amide bonds. The van der Waals surface area contributed by atoms with Gasteiger partial charge in [0.1, 0.15) is 0 Å². The van der Waals surface area contributed by atoms with Crippen LogP contribution in [0.5, 0.6) is 0 Å². The van der Waals surface area contributed by atoms with E-state index in [4.69, 9.17) is 11.6 Å². The molecule has 0 aliphatic carbocycles. The van der Waals surface area contributed by atoms with Crippen LogP contribution in [0.3, 0.4) is 0 Å². The van der Waals surface area contributed by atoms with E-state index in [1.165, 1.54) is 0 Å². The molecule has 0 bridgehead atoms. The van der Waals surface area contributed by atoms with Gasteiger partial charge >= 0.3 is 11.8 Å². The van der Waals surface area contributed by atoms with Gasteiger partial charge in [0, 0.05) is 18.1 Å². The normalized spacial score (nSPS) is 10.2. The molecule has 0 aromatic heterocycles. The maximum atomic E-state index is 12.6. The summed E-state index contributed by atoms with van der Waals surface area (Å²) in [5.41, 5.74) is 2.35. The van der Waals surface area contributed by atoms with Gasteiger partial charge in [0.05, 0.1) is 11.3 Å². The van der Waals surface area contributed by atoms with Gasteiger partial charge in [-0.05, 0) is 35.7 Å². The van der Waals surface area contributed by atoms with Gasteiger partial charge < -0.3 is 16.0 Å². The summed E-state index contributed by atoms with van der Waals surface area (Å²) in [7, 11) is 0. The second-order valence-electron chi connectivity index (χ2n) is 6.77. The van der Waals surface area contributed by atoms with E-state index in [0.717, 1.165) is 5.56 Å². The summed E-state index contributed by atoms with van der Waals surface area (Å²) in [6, 6.07) is 23.4. The van der Waals surface area contributed by atoms with Crippen LogP contribution in [0, 0.1) is 0 Å². The van der Waals surface area contributed by atoms with Crippen LogP contribution in [-0.4, -0.2) is 24.3 Å². The van der Waals surface area contributed by atoms with Gasteiger partial charge in [-0.1, -0.05) is 72.3 Å². The second-order valence-corrected chi connectivity index (χ2v) is 7.17. The molecule has 0 atom stereocenters. The summed E-state index contributed by atoms with van der Waals surface area (Å²) in [6.45, 7) is 0.566. The summed E-state index contributed by atoms with van der Waals surface area (Å²) < 4.78 is 0. The van der Waals surface area contributed by atoms with Crippen molar-refractivity contribution >= 4 is 35.0 Å². The van der Waals surface area contributed by atoms with Crippen LogP contribution in [0.25, 0.3) is 0 Å². The number of nitrogens with one attached hydrogen (secondary N) is 3. The molecule has 0 radical (unpaired) electrons. The van der Waals surface area contributed by atoms with E-state index in [-0.39, 0.29) is 23.7 Å². The van der Waals surface area contributed by atoms with E-state index in [9.17, 15) is 14.4 Å². The molecular formula is C24H22ClN3O3. The summed E-state index contributed by atoms with van der Waals surface area (Å²) >= 11 is 6.06. The van der Waals surface area contributed by atoms with Crippen molar-refractivity contribution in [2.75, 3.05) is 11.9 Å². The van der Waals surface area contributed by atoms with Crippen LogP contribution in [0.4, 0.5) is 5.69 Å². The number of hydrogen-bond donors (Lipinski definition) is 3. The van der Waals surface area contributed by atoms with Crippen LogP contribution < -0.4 is 16.0 Å². The van der Waals surface area contributed by atoms with Crippen molar-refractivity contribution in [2.45, 2.75) is 13.0 Å². The minimum Gasteiger partial charge on any atom is -0.352 e. The molecule has 7 heteroatoms. The second kappa shape index (κ2) is 10.9. The van der Waals surface area contributed by atoms with E-state index in [0.29, 0.717) is 23.6 Å². The smallest absolute Gasteiger partial charge is 0.313 e. The first-order chi connectivity index (χ1) is 15.0. The number of hydrogen-bond acceptors (Lipinski definition) is 3. The van der Waals surface area contributed by atoms with Gasteiger partial charge in [0.15, 0.2) is 0 Å². The predicted octanol–water partition coefficient (Wildman–Crippen LogP) is 3.57. The molecule has 158 valence electrons. The molecule has 0 fully saturated rings. The highest BCUT2D eigenvalue weighted by atomic mass is 35.5. The molecule has 0 aliphatic heterocycles. The maximum absolute atomic E-state index is 12.6. The summed E-state index contributed by atoms with van der Waals surface area (Å²) in [6.07, 6.45) is 0.686. The molecule has 0 aliphatic rings. The van der Waals surface area contributed by atoms with Crippen LogP contribution in [0.1, 0.15) is 21.5 Å². The first kappa shape index (κ1) is 22.1. The molecule has 3 N–H and O–H groups in total. The average Bonchev–Trinajstić information content (AvgIpc) is 2.79. The standard InChI is InChI=1S/C24H22ClN3O3/c25-20-12-6-4-10-18(20)16-27-23(30)24(31)28-21-13-7-5-11-19(21)22(29)26-15-14-17-8-2-1-3-9-17/h1-13H,14-16H2,(H,26,29)(H,27,30)(H,28,31). The van der Waals surface area contributed by atoms with Crippen molar-refractivity contribution in [2.24, 2.45) is 0 Å². The lowest BCUT2D eigenvalue weighted by Gasteiger charge is -2.12. The van der Waals surface area contributed by atoms with E-state index in [1.807, 2.05) is 30.3 Å². The Morgan fingerprint density at radius 3 is 2.19 bits per heavy atom. The first-order valence-electron chi connectivity index (χ1n) is 9.78. The number of amides is 3. The number of para-hydroxylation sites is 1. The van der Waals surface area contributed by atoms with Crippen molar-refractivity contribution in [3.63, 3.8) is 0 Å². The molecule has 3 rings (SSSR count). The highest BCUT2D eigenvalue weighted by Crippen LogP contribution is 2.16. The first-order valence-corrected chi connectivity index (χ1v) is 10.2. The molecule has 0 saturated heterocycles. The van der Waals surface area contributed by atoms with Crippen LogP contribution in [0.2, 0.25) is 5.02 Å². The third kappa shape index (κ3) is 6.42. The molecular weight excluding hydrogens is 414 g/mol. The van der Waals surface area contributed by atoms with Gasteiger partial charge in [-0.25, -0.2) is 0 Å². The van der Waals surface area contributed by atoms with Crippen molar-refractivity contribution in [3.05, 3.63) is 101 Å². The number of rotatable bonds is 7. The predicted molar refractivity (Wildman–Crippen MR) is 121 cm³/mol. The van der Waals surface area contributed by atoms with Crippen LogP contribution >= 0.6 is 11.6 Å². The molecule has 3 aromatic carbocycles. The topological polar surface area (TPSA) is 87.3 Å². The third-order valence-corrected chi connectivity index (χ3v) is 4.93. The zero-order chi connectivity index (χ0) is 22.1. The lowest BCUT2D eigenvalue weighted by Crippen LogP contribution is -2.35. The van der Waals surface area contributed by atoms with Gasteiger partial charge in [-0.2, -0.15) is 0 Å². The Bertz CT molecular complexity index is 1070. The summed E-state index contributed by atoms with van der Waals surface area (Å²) in [5.74, 6) is -2.01. The fraction of sp³-hybridized carbons (Fsp3) is 0.125. The molecule has 0 saturated carbocycles. The van der Waals surface area contributed by atoms with E-state index >= 15 is 0 Å². The van der Waals surface area contributed by atoms with Gasteiger partial charge in [0.2, 0.25) is 0 Å². The Morgan fingerprint density at radius 2 is 1.42 bits per heavy atom. The fourth-order valence-corrected chi connectivity index (χ4v) is 3.13. The number of halogens is 1. The Hall–Kier alpha value is -3.64. The van der Waals surface area contributed by atoms with Crippen molar-refractivity contribution in [1.82, 2.24) is 10.6 Å². The van der Waals surface area contributed by atoms with E-state index in [1.54, 1.807) is 48.5 Å². The quantitative estimate of drug-likeness (QED) is 0.496. The molecule has 0 spiro atoms. The lowest BCUT2D eigenvalue weighted by atomic mass is 10.1. The van der Waals surface area contributed by atoms with Crippen molar-refractivity contribution in [1.29, 1.82) is 0 Å². The van der Waals surface area contributed by atoms with Gasteiger partial charge in [-0.3, -0.25) is 14.4 Å². The molecule has 0 heterocycles. The Balaban J connectivity index is 1.56. The number of carbonyl (C=O) groups is 3. The number of anilines is 1. The minimum atomic E-state index is -0.864. The highest BCUT2D eigenvalue weighted by molar-refractivity contribution is 6.40. The minimum absolute atomic E-state index is 0.119. The summed E-state index contributed by atoms with van der Waals surface area (Å²) in [5, 5.41) is 8.37. The SMILES string of the molecule is O=C(NCc1ccccc1Cl)C(=O)Nc1ccccc1C(=O)NCCc1ccccc1. The number of carbonyl (C=O) groups excluding carboxylic acids is 3. The largest absolute Gasteiger partial charge is 0.352 e. The zero-order valence-electron chi connectivity index (χ0n) is 16.7. The monoisotopic (exact) mass is 435 g/mol. The lowest BCUT2D eigenvalue weighted by molar-refractivity contribution is -0.136.